The predicted octanol–water partition coefficient (Wildman–Crippen LogP) is 5.31. The molecule has 0 radical (unpaired) electrons. The summed E-state index contributed by atoms with van der Waals surface area (Å²) < 4.78 is 11.6. The predicted molar refractivity (Wildman–Crippen MR) is 133 cm³/mol. The van der Waals surface area contributed by atoms with E-state index in [1.54, 1.807) is 7.11 Å². The second kappa shape index (κ2) is 12.2. The Morgan fingerprint density at radius 2 is 1.94 bits per heavy atom. The van der Waals surface area contributed by atoms with Crippen molar-refractivity contribution in [1.29, 1.82) is 0 Å². The first-order valence-corrected chi connectivity index (χ1v) is 12.0. The van der Waals surface area contributed by atoms with E-state index in [9.17, 15) is 0 Å². The third-order valence-corrected chi connectivity index (χ3v) is 6.83. The number of aromatic nitrogens is 1. The summed E-state index contributed by atoms with van der Waals surface area (Å²) >= 11 is 1.94. The summed E-state index contributed by atoms with van der Waals surface area (Å²) in [4.78, 5) is 3.48. The van der Waals surface area contributed by atoms with Gasteiger partial charge in [0.05, 0.1) is 30.6 Å². The zero-order valence-corrected chi connectivity index (χ0v) is 19.9. The van der Waals surface area contributed by atoms with Gasteiger partial charge in [0, 0.05) is 42.8 Å². The molecule has 2 atom stereocenters. The molecule has 31 heavy (non-hydrogen) atoms. The molecule has 1 heterocycles. The Labute approximate surface area is 190 Å². The zero-order valence-electron chi connectivity index (χ0n) is 19.0. The number of benzene rings is 2. The van der Waals surface area contributed by atoms with Crippen molar-refractivity contribution < 1.29 is 9.47 Å². The van der Waals surface area contributed by atoms with Crippen LogP contribution in [0.15, 0.2) is 48.5 Å². The maximum atomic E-state index is 5.90. The summed E-state index contributed by atoms with van der Waals surface area (Å²) in [5.74, 6) is 0.982. The quantitative estimate of drug-likeness (QED) is 0.248. The van der Waals surface area contributed by atoms with Gasteiger partial charge in [-0.3, -0.25) is 5.32 Å². The van der Waals surface area contributed by atoms with Crippen molar-refractivity contribution in [3.63, 3.8) is 0 Å². The van der Waals surface area contributed by atoms with Gasteiger partial charge in [0.15, 0.2) is 0 Å². The highest BCUT2D eigenvalue weighted by Crippen LogP contribution is 2.26. The van der Waals surface area contributed by atoms with Gasteiger partial charge in [-0.05, 0) is 42.7 Å². The Morgan fingerprint density at radius 3 is 2.65 bits per heavy atom. The molecular formula is C25H35N3O2S. The van der Waals surface area contributed by atoms with E-state index < -0.39 is 0 Å². The normalized spacial score (nSPS) is 13.4. The number of aryl methyl sites for hydroxylation is 1. The molecule has 168 valence electrons. The molecular weight excluding hydrogens is 406 g/mol. The van der Waals surface area contributed by atoms with Crippen LogP contribution in [-0.2, 0) is 21.8 Å². The largest absolute Gasteiger partial charge is 0.386 e. The highest BCUT2D eigenvalue weighted by atomic mass is 32.2. The van der Waals surface area contributed by atoms with Gasteiger partial charge in [0.25, 0.3) is 0 Å². The fraction of sp³-hybridized carbons (Fsp3) is 0.440. The topological polar surface area (TPSA) is 58.3 Å². The molecule has 2 aromatic carbocycles. The molecule has 0 saturated heterocycles. The molecule has 3 rings (SSSR count). The number of rotatable bonds is 13. The Balaban J connectivity index is 1.48. The van der Waals surface area contributed by atoms with Crippen molar-refractivity contribution in [2.24, 2.45) is 0 Å². The Bertz CT molecular complexity index is 925. The molecule has 3 N–H and O–H groups in total. The molecule has 0 aliphatic rings. The number of fused-ring (bicyclic) bond motifs is 1. The number of H-pyrrole nitrogens is 1. The second-order valence-electron chi connectivity index (χ2n) is 7.79. The van der Waals surface area contributed by atoms with E-state index in [0.29, 0.717) is 18.6 Å². The minimum Gasteiger partial charge on any atom is -0.386 e. The van der Waals surface area contributed by atoms with Crippen molar-refractivity contribution >= 4 is 28.4 Å². The van der Waals surface area contributed by atoms with E-state index in [1.165, 1.54) is 16.5 Å². The van der Waals surface area contributed by atoms with E-state index in [4.69, 9.17) is 9.47 Å². The molecule has 0 aliphatic carbocycles. The number of nitrogens with one attached hydrogen (secondary N) is 3. The number of anilines is 1. The number of methoxy groups -OCH3 is 1. The van der Waals surface area contributed by atoms with Gasteiger partial charge >= 0.3 is 0 Å². The summed E-state index contributed by atoms with van der Waals surface area (Å²) in [6.45, 7) is 6.20. The first kappa shape index (κ1) is 23.7. The van der Waals surface area contributed by atoms with Gasteiger partial charge in [0.1, 0.15) is 0 Å². The number of hydrogen-bond donors (Lipinski definition) is 3. The standard InChI is InChI=1S/C25H35N3O2S/c1-5-23(29-4)24(31-16-19-9-7-6-8-10-19)14-27-17-30-15-21-13-20-11-18(2)12-22(26-3)25(20)28-21/h6-13,23-24,26-28H,5,14-17H2,1-4H3. The van der Waals surface area contributed by atoms with Crippen LogP contribution in [0.5, 0.6) is 0 Å². The second-order valence-corrected chi connectivity index (χ2v) is 9.01. The van der Waals surface area contributed by atoms with Gasteiger partial charge in [0.2, 0.25) is 0 Å². The highest BCUT2D eigenvalue weighted by molar-refractivity contribution is 7.99. The molecule has 0 bridgehead atoms. The molecule has 0 aliphatic heterocycles. The van der Waals surface area contributed by atoms with Gasteiger partial charge < -0.3 is 19.8 Å². The molecule has 0 amide bonds. The third kappa shape index (κ3) is 6.74. The van der Waals surface area contributed by atoms with Crippen LogP contribution in [0.4, 0.5) is 5.69 Å². The van der Waals surface area contributed by atoms with Gasteiger partial charge in [-0.25, -0.2) is 0 Å². The van der Waals surface area contributed by atoms with E-state index in [-0.39, 0.29) is 6.10 Å². The summed E-state index contributed by atoms with van der Waals surface area (Å²) in [6.07, 6.45) is 1.21. The van der Waals surface area contributed by atoms with Crippen molar-refractivity contribution in [2.75, 3.05) is 32.7 Å². The third-order valence-electron chi connectivity index (χ3n) is 5.43. The van der Waals surface area contributed by atoms with E-state index in [0.717, 1.165) is 35.6 Å². The number of hydrogen-bond acceptors (Lipinski definition) is 5. The van der Waals surface area contributed by atoms with Crippen LogP contribution in [-0.4, -0.2) is 43.8 Å². The number of aromatic amines is 1. The Kier molecular flexibility index (Phi) is 9.28. The summed E-state index contributed by atoms with van der Waals surface area (Å²) in [7, 11) is 3.75. The number of thioether (sulfide) groups is 1. The maximum Gasteiger partial charge on any atom is 0.0971 e. The lowest BCUT2D eigenvalue weighted by Crippen LogP contribution is -2.36. The molecule has 1 aromatic heterocycles. The van der Waals surface area contributed by atoms with Gasteiger partial charge in [-0.15, -0.1) is 11.8 Å². The fourth-order valence-electron chi connectivity index (χ4n) is 3.82. The van der Waals surface area contributed by atoms with Crippen molar-refractivity contribution in [2.45, 2.75) is 44.0 Å². The lowest BCUT2D eigenvalue weighted by molar-refractivity contribution is 0.0813. The van der Waals surface area contributed by atoms with E-state index in [2.05, 4.69) is 78.0 Å². The van der Waals surface area contributed by atoms with Gasteiger partial charge in [-0.1, -0.05) is 37.3 Å². The fourth-order valence-corrected chi connectivity index (χ4v) is 5.17. The molecule has 0 fully saturated rings. The Morgan fingerprint density at radius 1 is 1.13 bits per heavy atom. The first-order valence-electron chi connectivity index (χ1n) is 10.9. The minimum absolute atomic E-state index is 0.220. The summed E-state index contributed by atoms with van der Waals surface area (Å²) in [5, 5.41) is 8.29. The lowest BCUT2D eigenvalue weighted by atomic mass is 10.1. The maximum absolute atomic E-state index is 5.90. The summed E-state index contributed by atoms with van der Waals surface area (Å²) in [5.41, 5.74) is 5.91. The first-order chi connectivity index (χ1) is 15.1. The van der Waals surface area contributed by atoms with Gasteiger partial charge in [-0.2, -0.15) is 0 Å². The van der Waals surface area contributed by atoms with Crippen molar-refractivity contribution in [1.82, 2.24) is 10.3 Å². The van der Waals surface area contributed by atoms with E-state index in [1.807, 2.05) is 18.8 Å². The molecule has 0 spiro atoms. The monoisotopic (exact) mass is 441 g/mol. The number of ether oxygens (including phenoxy) is 2. The molecule has 6 heteroatoms. The SMILES string of the molecule is CCC(OC)C(CNCOCc1cc2cc(C)cc(NC)c2[nH]1)SCc1ccccc1. The zero-order chi connectivity index (χ0) is 22.1. The average Bonchev–Trinajstić information content (AvgIpc) is 3.20. The van der Waals surface area contributed by atoms with Crippen LogP contribution in [0.25, 0.3) is 10.9 Å². The van der Waals surface area contributed by atoms with Crippen LogP contribution in [0.2, 0.25) is 0 Å². The Hall–Kier alpha value is -1.99. The van der Waals surface area contributed by atoms with Crippen LogP contribution in [0.3, 0.4) is 0 Å². The van der Waals surface area contributed by atoms with E-state index >= 15 is 0 Å². The molecule has 5 nitrogen and oxygen atoms in total. The van der Waals surface area contributed by atoms with Crippen molar-refractivity contribution in [3.8, 4) is 0 Å². The molecule has 3 aromatic rings. The van der Waals surface area contributed by atoms with Crippen LogP contribution in [0.1, 0.15) is 30.2 Å². The molecule has 2 unspecified atom stereocenters. The molecule has 0 saturated carbocycles. The van der Waals surface area contributed by atoms with Crippen LogP contribution >= 0.6 is 11.8 Å². The smallest absolute Gasteiger partial charge is 0.0971 e. The van der Waals surface area contributed by atoms with Crippen molar-refractivity contribution in [3.05, 3.63) is 65.4 Å². The highest BCUT2D eigenvalue weighted by Gasteiger charge is 2.20. The lowest BCUT2D eigenvalue weighted by Gasteiger charge is -2.25. The van der Waals surface area contributed by atoms with Crippen LogP contribution in [0, 0.1) is 6.92 Å². The minimum atomic E-state index is 0.220. The summed E-state index contributed by atoms with van der Waals surface area (Å²) in [6, 6.07) is 17.1. The van der Waals surface area contributed by atoms with Crippen LogP contribution < -0.4 is 10.6 Å². The average molecular weight is 442 g/mol.